The second-order valence-corrected chi connectivity index (χ2v) is 19.0. The zero-order valence-corrected chi connectivity index (χ0v) is 34.7. The van der Waals surface area contributed by atoms with Crippen molar-refractivity contribution < 1.29 is 0 Å². The number of thiophene rings is 4. The molecule has 264 valence electrons. The molecule has 0 fully saturated rings. The Kier molecular flexibility index (Phi) is 13.4. The van der Waals surface area contributed by atoms with Crippen molar-refractivity contribution in [1.82, 2.24) is 8.75 Å². The van der Waals surface area contributed by atoms with Crippen LogP contribution in [0.25, 0.3) is 50.7 Å². The summed E-state index contributed by atoms with van der Waals surface area (Å²) in [7, 11) is 0. The van der Waals surface area contributed by atoms with Gasteiger partial charge in [0, 0.05) is 30.3 Å². The maximum absolute atomic E-state index is 4.87. The molecule has 0 saturated heterocycles. The first-order valence-corrected chi connectivity index (χ1v) is 23.3. The molecule has 6 aromatic rings. The molecule has 2 nitrogen and oxygen atoms in total. The number of hydrogen-bond acceptors (Lipinski definition) is 7. The van der Waals surface area contributed by atoms with Crippen molar-refractivity contribution in [2.75, 3.05) is 0 Å². The summed E-state index contributed by atoms with van der Waals surface area (Å²) in [5, 5.41) is 7.19. The van der Waals surface area contributed by atoms with Crippen molar-refractivity contribution in [3.05, 3.63) is 46.2 Å². The lowest BCUT2D eigenvalue weighted by atomic mass is 9.83. The van der Waals surface area contributed by atoms with Crippen molar-refractivity contribution in [1.29, 1.82) is 0 Å². The molecule has 5 heterocycles. The minimum Gasteiger partial charge on any atom is -0.172 e. The van der Waals surface area contributed by atoms with E-state index in [0.717, 1.165) is 34.7 Å². The van der Waals surface area contributed by atoms with Gasteiger partial charge in [-0.25, -0.2) is 0 Å². The zero-order chi connectivity index (χ0) is 34.3. The number of hydrogen-bond donors (Lipinski definition) is 0. The lowest BCUT2D eigenvalue weighted by Crippen LogP contribution is -2.11. The predicted molar refractivity (Wildman–Crippen MR) is 226 cm³/mol. The summed E-state index contributed by atoms with van der Waals surface area (Å²) in [6.07, 6.45) is 18.3. The highest BCUT2D eigenvalue weighted by Gasteiger charge is 2.22. The third-order valence-corrected chi connectivity index (χ3v) is 16.6. The first-order valence-electron chi connectivity index (χ1n) is 19.2. The van der Waals surface area contributed by atoms with E-state index in [1.54, 1.807) is 0 Å². The van der Waals surface area contributed by atoms with Crippen molar-refractivity contribution in [3.8, 4) is 19.5 Å². The zero-order valence-electron chi connectivity index (χ0n) is 30.6. The maximum atomic E-state index is 4.87. The molecule has 0 amide bonds. The molecule has 0 saturated carbocycles. The summed E-state index contributed by atoms with van der Waals surface area (Å²) < 4.78 is 12.5. The van der Waals surface area contributed by atoms with Gasteiger partial charge in [0.05, 0.1) is 21.1 Å². The van der Waals surface area contributed by atoms with Crippen LogP contribution in [0.15, 0.2) is 35.0 Å². The van der Waals surface area contributed by atoms with Crippen molar-refractivity contribution in [2.45, 2.75) is 131 Å². The van der Waals surface area contributed by atoms with Crippen LogP contribution in [0.5, 0.6) is 0 Å². The molecular formula is C42H56N2S5. The van der Waals surface area contributed by atoms with Gasteiger partial charge in [0.1, 0.15) is 11.0 Å². The van der Waals surface area contributed by atoms with E-state index in [-0.39, 0.29) is 0 Å². The van der Waals surface area contributed by atoms with Gasteiger partial charge in [-0.2, -0.15) is 8.75 Å². The van der Waals surface area contributed by atoms with Crippen LogP contribution in [-0.4, -0.2) is 8.75 Å². The monoisotopic (exact) mass is 748 g/mol. The van der Waals surface area contributed by atoms with Crippen molar-refractivity contribution >= 4 is 88.3 Å². The summed E-state index contributed by atoms with van der Waals surface area (Å²) in [5.74, 6) is 3.37. The third kappa shape index (κ3) is 8.38. The fraction of sp³-hybridized carbons (Fsp3) is 0.571. The van der Waals surface area contributed by atoms with Gasteiger partial charge in [-0.05, 0) is 108 Å². The summed E-state index contributed by atoms with van der Waals surface area (Å²) in [6.45, 7) is 14.3. The van der Waals surface area contributed by atoms with E-state index in [0.29, 0.717) is 0 Å². The summed E-state index contributed by atoms with van der Waals surface area (Å²) in [6, 6.07) is 9.65. The van der Waals surface area contributed by atoms with Crippen LogP contribution < -0.4 is 0 Å². The van der Waals surface area contributed by atoms with Gasteiger partial charge >= 0.3 is 0 Å². The molecule has 4 unspecified atom stereocenters. The highest BCUT2D eigenvalue weighted by molar-refractivity contribution is 7.32. The predicted octanol–water partition coefficient (Wildman–Crippen LogP) is 15.9. The molecule has 0 spiro atoms. The Bertz CT molecular complexity index is 1760. The topological polar surface area (TPSA) is 25.8 Å². The van der Waals surface area contributed by atoms with E-state index in [1.807, 2.05) is 45.3 Å². The molecule has 0 aliphatic heterocycles. The Labute approximate surface area is 315 Å². The smallest absolute Gasteiger partial charge is 0.114 e. The van der Waals surface area contributed by atoms with Crippen LogP contribution in [-0.2, 0) is 12.8 Å². The minimum absolute atomic E-state index is 0.825. The van der Waals surface area contributed by atoms with Crippen molar-refractivity contribution in [3.63, 3.8) is 0 Å². The molecule has 0 aliphatic rings. The molecule has 0 radical (unpaired) electrons. The van der Waals surface area contributed by atoms with Crippen molar-refractivity contribution in [2.24, 2.45) is 23.7 Å². The van der Waals surface area contributed by atoms with Crippen LogP contribution in [0, 0.1) is 23.7 Å². The van der Waals surface area contributed by atoms with Gasteiger partial charge in [-0.3, -0.25) is 0 Å². The number of benzene rings is 1. The second-order valence-electron chi connectivity index (χ2n) is 14.6. The van der Waals surface area contributed by atoms with E-state index < -0.39 is 0 Å². The number of aryl methyl sites for hydroxylation is 2. The standard InChI is InChI=1S/C42H56N2S5/c1-7-11-15-29(27(5)9-3)17-13-19-31-21-23-45-39(31)35-25-33-37-38(44-49-43-37)34-26-36(48-42(34)41(33)47-35)40-32(22-24-46-40)20-14-18-30(16-12-8-2)28(6)10-4/h21-30H,7-20H2,1-6H3. The maximum Gasteiger partial charge on any atom is 0.114 e. The molecule has 4 atom stereocenters. The molecule has 6 rings (SSSR count). The Morgan fingerprint density at radius 2 is 1.02 bits per heavy atom. The van der Waals surface area contributed by atoms with Gasteiger partial charge in [0.2, 0.25) is 0 Å². The first kappa shape index (κ1) is 37.1. The van der Waals surface area contributed by atoms with Crippen LogP contribution >= 0.6 is 57.1 Å². The van der Waals surface area contributed by atoms with Gasteiger partial charge in [-0.15, -0.1) is 45.3 Å². The molecular weight excluding hydrogens is 693 g/mol. The van der Waals surface area contributed by atoms with E-state index in [1.165, 1.54) is 152 Å². The van der Waals surface area contributed by atoms with Gasteiger partial charge in [0.25, 0.3) is 0 Å². The molecule has 49 heavy (non-hydrogen) atoms. The molecule has 1 aromatic carbocycles. The number of aromatic nitrogens is 2. The van der Waals surface area contributed by atoms with Gasteiger partial charge < -0.3 is 0 Å². The average molecular weight is 749 g/mol. The summed E-state index contributed by atoms with van der Waals surface area (Å²) in [5.41, 5.74) is 5.22. The van der Waals surface area contributed by atoms with E-state index >= 15 is 0 Å². The van der Waals surface area contributed by atoms with E-state index in [2.05, 4.69) is 76.6 Å². The summed E-state index contributed by atoms with van der Waals surface area (Å²) in [4.78, 5) is 5.73. The Morgan fingerprint density at radius 1 is 0.592 bits per heavy atom. The Hall–Kier alpha value is -1.64. The third-order valence-electron chi connectivity index (χ3n) is 11.4. The van der Waals surface area contributed by atoms with Crippen LogP contribution in [0.3, 0.4) is 0 Å². The largest absolute Gasteiger partial charge is 0.172 e. The lowest BCUT2D eigenvalue weighted by Gasteiger charge is -2.23. The highest BCUT2D eigenvalue weighted by atomic mass is 32.1. The van der Waals surface area contributed by atoms with Crippen LogP contribution in [0.2, 0.25) is 0 Å². The first-order chi connectivity index (χ1) is 24.0. The number of unbranched alkanes of at least 4 members (excludes halogenated alkanes) is 2. The van der Waals surface area contributed by atoms with Gasteiger partial charge in [0.15, 0.2) is 0 Å². The molecule has 0 N–H and O–H groups in total. The van der Waals surface area contributed by atoms with E-state index in [4.69, 9.17) is 8.75 Å². The number of nitrogens with zero attached hydrogens (tertiary/aromatic N) is 2. The Balaban J connectivity index is 1.25. The molecule has 5 aromatic heterocycles. The number of rotatable bonds is 20. The summed E-state index contributed by atoms with van der Waals surface area (Å²) >= 11 is 9.16. The Morgan fingerprint density at radius 3 is 1.43 bits per heavy atom. The highest BCUT2D eigenvalue weighted by Crippen LogP contribution is 2.49. The van der Waals surface area contributed by atoms with Crippen LogP contribution in [0.4, 0.5) is 0 Å². The SMILES string of the molecule is CCCCC(CCCc1ccsc1-c1cc2c3nsnc3c3cc(-c4sccc4CCCC(CCCC)C(C)CC)sc3c2s1)C(C)CC. The second kappa shape index (κ2) is 17.7. The molecule has 0 bridgehead atoms. The normalized spacial score (nSPS) is 14.7. The van der Waals surface area contributed by atoms with E-state index in [9.17, 15) is 0 Å². The van der Waals surface area contributed by atoms with Crippen LogP contribution in [0.1, 0.15) is 130 Å². The molecule has 0 aliphatic carbocycles. The van der Waals surface area contributed by atoms with Gasteiger partial charge in [-0.1, -0.05) is 92.9 Å². The quantitative estimate of drug-likeness (QED) is 0.0777. The lowest BCUT2D eigenvalue weighted by molar-refractivity contribution is 0.294. The number of fused-ring (bicyclic) bond motifs is 6. The molecule has 7 heteroatoms. The minimum atomic E-state index is 0.825. The fourth-order valence-electron chi connectivity index (χ4n) is 7.87. The average Bonchev–Trinajstić information content (AvgIpc) is 3.95. The fourth-order valence-corrected chi connectivity index (χ4v) is 13.1.